The van der Waals surface area contributed by atoms with Gasteiger partial charge in [-0.15, -0.1) is 0 Å². The molecule has 1 heterocycles. The molecule has 1 aliphatic heterocycles. The maximum atomic E-state index is 12.5. The van der Waals surface area contributed by atoms with E-state index in [2.05, 4.69) is 55.7 Å². The number of carbonyl (C=O) groups excluding carboxylic acids is 1. The summed E-state index contributed by atoms with van der Waals surface area (Å²) in [7, 11) is 1.64. The van der Waals surface area contributed by atoms with Gasteiger partial charge in [0.25, 0.3) is 5.91 Å². The molecular weight excluding hydrogens is 288 g/mol. The molecule has 0 saturated carbocycles. The Balaban J connectivity index is 1.85. The lowest BCUT2D eigenvalue weighted by molar-refractivity contribution is -0.146. The molecule has 1 aromatic carbocycles. The van der Waals surface area contributed by atoms with E-state index in [0.29, 0.717) is 6.54 Å². The van der Waals surface area contributed by atoms with Crippen LogP contribution in [-0.2, 0) is 21.4 Å². The minimum Gasteiger partial charge on any atom is -0.368 e. The summed E-state index contributed by atoms with van der Waals surface area (Å²) in [6.45, 7) is 8.94. The summed E-state index contributed by atoms with van der Waals surface area (Å²) in [5.41, 5.74) is 2.10. The van der Waals surface area contributed by atoms with E-state index in [0.717, 1.165) is 32.4 Å². The Kier molecular flexibility index (Phi) is 5.82. The third-order valence-corrected chi connectivity index (χ3v) is 4.73. The van der Waals surface area contributed by atoms with E-state index in [-0.39, 0.29) is 11.3 Å². The Morgan fingerprint density at radius 1 is 1.22 bits per heavy atom. The highest BCUT2D eigenvalue weighted by Crippen LogP contribution is 2.23. The summed E-state index contributed by atoms with van der Waals surface area (Å²) in [5, 5.41) is 6.31. The Morgan fingerprint density at radius 3 is 2.35 bits per heavy atom. The number of methoxy groups -OCH3 is 1. The van der Waals surface area contributed by atoms with Crippen LogP contribution in [0.1, 0.15) is 44.7 Å². The summed E-state index contributed by atoms with van der Waals surface area (Å²) in [5.74, 6) is 0.0211. The molecule has 1 saturated heterocycles. The second-order valence-electron chi connectivity index (χ2n) is 7.40. The molecule has 1 amide bonds. The van der Waals surface area contributed by atoms with Gasteiger partial charge < -0.3 is 15.4 Å². The van der Waals surface area contributed by atoms with Crippen LogP contribution >= 0.6 is 0 Å². The zero-order chi connectivity index (χ0) is 16.9. The number of rotatable bonds is 5. The number of benzene rings is 1. The monoisotopic (exact) mass is 318 g/mol. The SMILES string of the molecule is COC1(C(=O)NCCc2ccc(C(C)(C)C)cc2)CCNCC1. The molecule has 1 aliphatic rings. The number of ether oxygens (including phenoxy) is 1. The fourth-order valence-corrected chi connectivity index (χ4v) is 3.01. The molecule has 1 aromatic rings. The summed E-state index contributed by atoms with van der Waals surface area (Å²) in [4.78, 5) is 12.5. The van der Waals surface area contributed by atoms with Crippen LogP contribution in [0.3, 0.4) is 0 Å². The van der Waals surface area contributed by atoms with Crippen LogP contribution in [0.15, 0.2) is 24.3 Å². The lowest BCUT2D eigenvalue weighted by Crippen LogP contribution is -2.54. The van der Waals surface area contributed by atoms with Crippen molar-refractivity contribution in [3.63, 3.8) is 0 Å². The maximum Gasteiger partial charge on any atom is 0.252 e. The van der Waals surface area contributed by atoms with E-state index in [1.807, 2.05) is 0 Å². The zero-order valence-corrected chi connectivity index (χ0v) is 14.9. The molecular formula is C19H30N2O2. The fourth-order valence-electron chi connectivity index (χ4n) is 3.01. The average molecular weight is 318 g/mol. The predicted molar refractivity (Wildman–Crippen MR) is 93.7 cm³/mol. The van der Waals surface area contributed by atoms with E-state index in [4.69, 9.17) is 4.74 Å². The van der Waals surface area contributed by atoms with Crippen molar-refractivity contribution in [3.8, 4) is 0 Å². The molecule has 0 unspecified atom stereocenters. The zero-order valence-electron chi connectivity index (χ0n) is 14.9. The van der Waals surface area contributed by atoms with Gasteiger partial charge in [-0.2, -0.15) is 0 Å². The Morgan fingerprint density at radius 2 is 1.83 bits per heavy atom. The highest BCUT2D eigenvalue weighted by molar-refractivity contribution is 5.85. The van der Waals surface area contributed by atoms with Gasteiger partial charge in [0.1, 0.15) is 5.60 Å². The van der Waals surface area contributed by atoms with Crippen LogP contribution in [-0.4, -0.2) is 38.3 Å². The summed E-state index contributed by atoms with van der Waals surface area (Å²) < 4.78 is 5.54. The van der Waals surface area contributed by atoms with Gasteiger partial charge in [0.05, 0.1) is 0 Å². The van der Waals surface area contributed by atoms with Crippen molar-refractivity contribution in [2.75, 3.05) is 26.7 Å². The lowest BCUT2D eigenvalue weighted by Gasteiger charge is -2.34. The van der Waals surface area contributed by atoms with Gasteiger partial charge in [0.15, 0.2) is 0 Å². The second kappa shape index (κ2) is 7.45. The van der Waals surface area contributed by atoms with Gasteiger partial charge in [-0.05, 0) is 48.9 Å². The molecule has 1 fully saturated rings. The van der Waals surface area contributed by atoms with Crippen molar-refractivity contribution < 1.29 is 9.53 Å². The minimum absolute atomic E-state index is 0.0211. The van der Waals surface area contributed by atoms with Crippen molar-refractivity contribution in [3.05, 3.63) is 35.4 Å². The van der Waals surface area contributed by atoms with Crippen LogP contribution in [0.5, 0.6) is 0 Å². The topological polar surface area (TPSA) is 50.4 Å². The molecule has 4 heteroatoms. The highest BCUT2D eigenvalue weighted by Gasteiger charge is 2.39. The van der Waals surface area contributed by atoms with Gasteiger partial charge >= 0.3 is 0 Å². The number of nitrogens with one attached hydrogen (secondary N) is 2. The second-order valence-corrected chi connectivity index (χ2v) is 7.40. The van der Waals surface area contributed by atoms with Crippen LogP contribution in [0.2, 0.25) is 0 Å². The smallest absolute Gasteiger partial charge is 0.252 e. The first kappa shape index (κ1) is 18.0. The molecule has 128 valence electrons. The molecule has 0 aliphatic carbocycles. The van der Waals surface area contributed by atoms with Crippen LogP contribution in [0, 0.1) is 0 Å². The molecule has 2 rings (SSSR count). The number of amides is 1. The number of carbonyl (C=O) groups is 1. The third-order valence-electron chi connectivity index (χ3n) is 4.73. The lowest BCUT2D eigenvalue weighted by atomic mass is 9.86. The van der Waals surface area contributed by atoms with E-state index < -0.39 is 5.60 Å². The third kappa shape index (κ3) is 4.55. The predicted octanol–water partition coefficient (Wildman–Crippen LogP) is 2.41. The standard InChI is InChI=1S/C19H30N2O2/c1-18(2,3)16-7-5-15(6-8-16)9-12-21-17(22)19(23-4)10-13-20-14-11-19/h5-8,20H,9-14H2,1-4H3,(H,21,22). The van der Waals surface area contributed by atoms with Crippen molar-refractivity contribution in [2.24, 2.45) is 0 Å². The average Bonchev–Trinajstić information content (AvgIpc) is 2.55. The number of hydrogen-bond donors (Lipinski definition) is 2. The molecule has 0 aromatic heterocycles. The molecule has 2 N–H and O–H groups in total. The minimum atomic E-state index is -0.651. The first-order chi connectivity index (χ1) is 10.9. The summed E-state index contributed by atoms with van der Waals surface area (Å²) >= 11 is 0. The molecule has 0 spiro atoms. The first-order valence-electron chi connectivity index (χ1n) is 8.51. The van der Waals surface area contributed by atoms with E-state index in [1.54, 1.807) is 7.11 Å². The fraction of sp³-hybridized carbons (Fsp3) is 0.632. The Hall–Kier alpha value is -1.39. The van der Waals surface area contributed by atoms with Crippen molar-refractivity contribution in [1.29, 1.82) is 0 Å². The number of hydrogen-bond acceptors (Lipinski definition) is 3. The maximum absolute atomic E-state index is 12.5. The molecule has 4 nitrogen and oxygen atoms in total. The normalized spacial score (nSPS) is 17.7. The van der Waals surface area contributed by atoms with E-state index in [9.17, 15) is 4.79 Å². The van der Waals surface area contributed by atoms with Gasteiger partial charge in [0, 0.05) is 13.7 Å². The molecule has 0 radical (unpaired) electrons. The van der Waals surface area contributed by atoms with Crippen molar-refractivity contribution in [2.45, 2.75) is 51.0 Å². The van der Waals surface area contributed by atoms with E-state index >= 15 is 0 Å². The highest BCUT2D eigenvalue weighted by atomic mass is 16.5. The number of piperidine rings is 1. The van der Waals surface area contributed by atoms with Crippen molar-refractivity contribution >= 4 is 5.91 Å². The van der Waals surface area contributed by atoms with Crippen LogP contribution in [0.25, 0.3) is 0 Å². The van der Waals surface area contributed by atoms with Crippen LogP contribution in [0.4, 0.5) is 0 Å². The van der Waals surface area contributed by atoms with E-state index in [1.165, 1.54) is 11.1 Å². The van der Waals surface area contributed by atoms with Crippen LogP contribution < -0.4 is 10.6 Å². The summed E-state index contributed by atoms with van der Waals surface area (Å²) in [6.07, 6.45) is 2.30. The quantitative estimate of drug-likeness (QED) is 0.876. The molecule has 0 bridgehead atoms. The largest absolute Gasteiger partial charge is 0.368 e. The Labute approximate surface area is 140 Å². The molecule has 23 heavy (non-hydrogen) atoms. The van der Waals surface area contributed by atoms with Gasteiger partial charge in [0.2, 0.25) is 0 Å². The van der Waals surface area contributed by atoms with Crippen molar-refractivity contribution in [1.82, 2.24) is 10.6 Å². The van der Waals surface area contributed by atoms with Gasteiger partial charge in [-0.3, -0.25) is 4.79 Å². The summed E-state index contributed by atoms with van der Waals surface area (Å²) in [6, 6.07) is 8.67. The van der Waals surface area contributed by atoms with Gasteiger partial charge in [-0.25, -0.2) is 0 Å². The molecule has 0 atom stereocenters. The Bertz CT molecular complexity index is 511. The first-order valence-corrected chi connectivity index (χ1v) is 8.51. The van der Waals surface area contributed by atoms with Gasteiger partial charge in [-0.1, -0.05) is 45.0 Å².